The van der Waals surface area contributed by atoms with Crippen LogP contribution in [0.1, 0.15) is 57.1 Å². The molecule has 8 nitrogen and oxygen atoms in total. The van der Waals surface area contributed by atoms with Gasteiger partial charge < -0.3 is 24.5 Å². The molecule has 0 saturated carbocycles. The third kappa shape index (κ3) is 5.93. The van der Waals surface area contributed by atoms with Crippen LogP contribution in [0.3, 0.4) is 0 Å². The fourth-order valence-corrected chi connectivity index (χ4v) is 8.20. The van der Waals surface area contributed by atoms with Gasteiger partial charge in [0.1, 0.15) is 11.6 Å². The Morgan fingerprint density at radius 2 is 1.61 bits per heavy atom. The Morgan fingerprint density at radius 3 is 2.20 bits per heavy atom. The summed E-state index contributed by atoms with van der Waals surface area (Å²) < 4.78 is 7.05. The third-order valence-electron chi connectivity index (χ3n) is 10.4. The van der Waals surface area contributed by atoms with Crippen LogP contribution in [0.15, 0.2) is 86.0 Å². The van der Waals surface area contributed by atoms with Crippen LogP contribution in [-0.2, 0) is 32.1 Å². The Labute approximate surface area is 273 Å². The van der Waals surface area contributed by atoms with Crippen LogP contribution < -0.4 is 0 Å². The number of nitrogens with zero attached hydrogens (tertiary/aromatic N) is 3. The lowest BCUT2D eigenvalue weighted by atomic mass is 9.64. The number of aliphatic hydroxyl groups excluding tert-OH is 1. The molecule has 8 heteroatoms. The van der Waals surface area contributed by atoms with Gasteiger partial charge in [-0.25, -0.2) is 0 Å². The number of ether oxygens (including phenoxy) is 1. The fourth-order valence-electron chi connectivity index (χ4n) is 8.20. The zero-order chi connectivity index (χ0) is 32.9. The van der Waals surface area contributed by atoms with Crippen LogP contribution in [-0.4, -0.2) is 87.1 Å². The number of fused-ring (bicyclic) bond motifs is 1. The fraction of sp³-hybridized carbons (Fsp3) is 0.500. The molecular weight excluding hydrogens is 578 g/mol. The monoisotopic (exact) mass is 627 g/mol. The number of carbonyl (C=O) groups excluding carboxylic acids is 3. The summed E-state index contributed by atoms with van der Waals surface area (Å²) in [5, 5.41) is 10.8. The van der Waals surface area contributed by atoms with Crippen LogP contribution in [0.2, 0.25) is 0 Å². The summed E-state index contributed by atoms with van der Waals surface area (Å²) >= 11 is 0. The van der Waals surface area contributed by atoms with Gasteiger partial charge in [0.15, 0.2) is 0 Å². The number of aliphatic hydroxyl groups is 1. The molecule has 0 radical (unpaired) electrons. The maximum atomic E-state index is 14.9. The molecule has 2 aromatic carbocycles. The summed E-state index contributed by atoms with van der Waals surface area (Å²) in [6, 6.07) is 17.9. The Morgan fingerprint density at radius 1 is 0.978 bits per heavy atom. The smallest absolute Gasteiger partial charge is 0.248 e. The number of hydrogen-bond acceptors (Lipinski definition) is 5. The van der Waals surface area contributed by atoms with Crippen LogP contribution in [0.25, 0.3) is 0 Å². The van der Waals surface area contributed by atoms with Gasteiger partial charge in [-0.3, -0.25) is 14.4 Å². The normalized spacial score (nSPS) is 26.9. The van der Waals surface area contributed by atoms with Gasteiger partial charge in [-0.2, -0.15) is 0 Å². The molecule has 246 valence electrons. The Bertz CT molecular complexity index is 1400. The lowest BCUT2D eigenvalue weighted by molar-refractivity contribution is -0.158. The van der Waals surface area contributed by atoms with Crippen LogP contribution in [0.5, 0.6) is 0 Å². The minimum absolute atomic E-state index is 0.156. The molecule has 3 amide bonds. The number of unbranched alkanes of at least 4 members (excludes halogenated alkanes) is 1. The van der Waals surface area contributed by atoms with Crippen LogP contribution >= 0.6 is 0 Å². The Balaban J connectivity index is 1.60. The number of amides is 3. The quantitative estimate of drug-likeness (QED) is 0.271. The van der Waals surface area contributed by atoms with E-state index in [0.717, 1.165) is 24.0 Å². The molecule has 1 spiro atoms. The van der Waals surface area contributed by atoms with E-state index in [1.807, 2.05) is 67.6 Å². The summed E-state index contributed by atoms with van der Waals surface area (Å²) in [7, 11) is 0. The Hall–Kier alpha value is -3.75. The molecule has 2 unspecified atom stereocenters. The average Bonchev–Trinajstić information content (AvgIpc) is 3.69. The van der Waals surface area contributed by atoms with Gasteiger partial charge in [-0.05, 0) is 43.2 Å². The van der Waals surface area contributed by atoms with Crippen LogP contribution in [0, 0.1) is 11.8 Å². The van der Waals surface area contributed by atoms with Gasteiger partial charge in [0.25, 0.3) is 0 Å². The van der Waals surface area contributed by atoms with Gasteiger partial charge in [-0.15, -0.1) is 13.2 Å². The minimum atomic E-state index is -1.17. The lowest BCUT2D eigenvalue weighted by Gasteiger charge is -2.39. The summed E-state index contributed by atoms with van der Waals surface area (Å²) in [6.45, 7) is 13.1. The van der Waals surface area contributed by atoms with Gasteiger partial charge in [0, 0.05) is 26.2 Å². The molecule has 3 aliphatic heterocycles. The SMILES string of the molecule is C=CCN(CCCC)C(=O)C1N([C@@H](CO)Cc2ccccc2)C(=O)[C@@H]2[C@@H](C(=O)N(CC=C)Cc3ccccc3)[C@@]3(CC)CCC12O3. The molecule has 5 rings (SSSR count). The van der Waals surface area contributed by atoms with Crippen molar-refractivity contribution in [3.63, 3.8) is 0 Å². The summed E-state index contributed by atoms with van der Waals surface area (Å²) in [6.07, 6.45) is 7.12. The lowest BCUT2D eigenvalue weighted by Crippen LogP contribution is -2.59. The van der Waals surface area contributed by atoms with Gasteiger partial charge in [0.2, 0.25) is 17.7 Å². The highest BCUT2D eigenvalue weighted by Gasteiger charge is 2.79. The van der Waals surface area contributed by atoms with E-state index in [4.69, 9.17) is 4.74 Å². The number of likely N-dealkylation sites (tertiary alicyclic amines) is 1. The number of carbonyl (C=O) groups is 3. The highest BCUT2D eigenvalue weighted by Crippen LogP contribution is 2.65. The second-order valence-corrected chi connectivity index (χ2v) is 13.0. The maximum Gasteiger partial charge on any atom is 0.248 e. The van der Waals surface area contributed by atoms with Crippen LogP contribution in [0.4, 0.5) is 0 Å². The number of hydrogen-bond donors (Lipinski definition) is 1. The molecule has 3 heterocycles. The zero-order valence-corrected chi connectivity index (χ0v) is 27.4. The van der Waals surface area contributed by atoms with Gasteiger partial charge in [-0.1, -0.05) is 93.1 Å². The van der Waals surface area contributed by atoms with E-state index in [0.29, 0.717) is 51.9 Å². The van der Waals surface area contributed by atoms with Crippen molar-refractivity contribution < 1.29 is 24.2 Å². The largest absolute Gasteiger partial charge is 0.394 e. The second kappa shape index (κ2) is 14.3. The van der Waals surface area contributed by atoms with Crippen molar-refractivity contribution in [1.82, 2.24) is 14.7 Å². The van der Waals surface area contributed by atoms with E-state index in [9.17, 15) is 19.5 Å². The van der Waals surface area contributed by atoms with Crippen molar-refractivity contribution in [1.29, 1.82) is 0 Å². The van der Waals surface area contributed by atoms with E-state index >= 15 is 0 Å². The van der Waals surface area contributed by atoms with Crippen molar-refractivity contribution in [2.45, 2.75) is 82.2 Å². The summed E-state index contributed by atoms with van der Waals surface area (Å²) in [5.41, 5.74) is -0.105. The zero-order valence-electron chi connectivity index (χ0n) is 27.4. The molecule has 2 bridgehead atoms. The second-order valence-electron chi connectivity index (χ2n) is 13.0. The van der Waals surface area contributed by atoms with E-state index in [1.165, 1.54) is 0 Å². The first kappa shape index (κ1) is 33.6. The van der Waals surface area contributed by atoms with E-state index < -0.39 is 35.1 Å². The molecule has 6 atom stereocenters. The average molecular weight is 628 g/mol. The first-order chi connectivity index (χ1) is 22.3. The molecule has 1 N–H and O–H groups in total. The first-order valence-electron chi connectivity index (χ1n) is 16.8. The standard InChI is InChI=1S/C38H49N3O5/c1-5-9-24-39(22-6-2)36(45)33-38-21-20-37(8-4,46-38)31(34(43)40(23-7-3)26-29-18-14-11-15-19-29)32(38)35(44)41(33)30(27-42)25-28-16-12-10-13-17-28/h6-7,10-19,30-33,42H,2-3,5,8-9,20-27H2,1,4H3/t30-,31+,32+,33?,37-,38?/m1/s1. The minimum Gasteiger partial charge on any atom is -0.394 e. The van der Waals surface area contributed by atoms with Crippen molar-refractivity contribution in [3.8, 4) is 0 Å². The topological polar surface area (TPSA) is 90.4 Å². The third-order valence-corrected chi connectivity index (χ3v) is 10.4. The van der Waals surface area contributed by atoms with Crippen molar-refractivity contribution in [2.75, 3.05) is 26.2 Å². The Kier molecular flexibility index (Phi) is 10.5. The molecule has 46 heavy (non-hydrogen) atoms. The molecule has 3 saturated heterocycles. The molecule has 3 aliphatic rings. The van der Waals surface area contributed by atoms with E-state index in [1.54, 1.807) is 26.9 Å². The first-order valence-corrected chi connectivity index (χ1v) is 16.8. The number of rotatable bonds is 16. The van der Waals surface area contributed by atoms with Crippen molar-refractivity contribution in [3.05, 3.63) is 97.1 Å². The predicted molar refractivity (Wildman–Crippen MR) is 178 cm³/mol. The molecule has 2 aromatic rings. The van der Waals surface area contributed by atoms with Crippen molar-refractivity contribution >= 4 is 17.7 Å². The van der Waals surface area contributed by atoms with Gasteiger partial charge in [0.05, 0.1) is 30.1 Å². The maximum absolute atomic E-state index is 14.9. The summed E-state index contributed by atoms with van der Waals surface area (Å²) in [4.78, 5) is 49.6. The molecular formula is C38H49N3O5. The number of benzene rings is 2. The van der Waals surface area contributed by atoms with Gasteiger partial charge >= 0.3 is 0 Å². The molecule has 0 aromatic heterocycles. The van der Waals surface area contributed by atoms with Crippen molar-refractivity contribution in [2.24, 2.45) is 11.8 Å². The predicted octanol–water partition coefficient (Wildman–Crippen LogP) is 4.77. The highest BCUT2D eigenvalue weighted by molar-refractivity contribution is 5.99. The highest BCUT2D eigenvalue weighted by atomic mass is 16.5. The van der Waals surface area contributed by atoms with E-state index in [-0.39, 0.29) is 24.3 Å². The molecule has 0 aliphatic carbocycles. The summed E-state index contributed by atoms with van der Waals surface area (Å²) in [5.74, 6) is -2.25. The van der Waals surface area contributed by atoms with E-state index in [2.05, 4.69) is 20.1 Å². The molecule has 3 fully saturated rings.